The molecule has 6 fully saturated rings. The van der Waals surface area contributed by atoms with E-state index in [0.717, 1.165) is 38.5 Å². The Hall–Kier alpha value is -1.90. The van der Waals surface area contributed by atoms with Gasteiger partial charge in [-0.25, -0.2) is 0 Å². The first-order chi connectivity index (χ1) is 31.2. The van der Waals surface area contributed by atoms with Crippen molar-refractivity contribution in [1.82, 2.24) is 0 Å². The van der Waals surface area contributed by atoms with Crippen molar-refractivity contribution in [2.45, 2.75) is 256 Å². The van der Waals surface area contributed by atoms with Crippen molar-refractivity contribution in [3.8, 4) is 0 Å². The molecule has 6 aliphatic heterocycles. The molecule has 0 aromatic rings. The van der Waals surface area contributed by atoms with E-state index in [0.29, 0.717) is 56.4 Å². The van der Waals surface area contributed by atoms with Crippen LogP contribution in [0.3, 0.4) is 0 Å². The first-order valence-corrected chi connectivity index (χ1v) is 25.9. The Bertz CT molecular complexity index is 1240. The smallest absolute Gasteiger partial charge is 0.306 e. The summed E-state index contributed by atoms with van der Waals surface area (Å²) < 4.78 is 43.5. The van der Waals surface area contributed by atoms with Crippen molar-refractivity contribution in [2.75, 3.05) is 33.5 Å². The molecule has 6 saturated heterocycles. The molecule has 12 nitrogen and oxygen atoms in total. The van der Waals surface area contributed by atoms with Gasteiger partial charge in [0.1, 0.15) is 30.5 Å². The highest BCUT2D eigenvalue weighted by molar-refractivity contribution is 5.69. The van der Waals surface area contributed by atoms with E-state index in [9.17, 15) is 9.59 Å². The van der Waals surface area contributed by atoms with Gasteiger partial charge in [0.05, 0.1) is 64.1 Å². The Morgan fingerprint density at radius 1 is 0.547 bits per heavy atom. The monoisotopic (exact) mass is 909 g/mol. The topological polar surface area (TPSA) is 155 Å². The van der Waals surface area contributed by atoms with Crippen LogP contribution >= 0.6 is 0 Å². The standard InChI is InChI=1S/C25H42O6.C19H34O2.C6H10O4.C2H6/c1-3-4-8-11-18-20(29-18)14-21-19(30-21)12-9-6-5-7-10-13-23(26)31-22-16-28-24-17(2)15-27-25(22)24;1-3-4-5-6-7-8-9-10-11-12-13-14-15-16-17-18-19(20)21-2;7-3-1-9-6-4(8)2-10-5(3)6;1-2/h17-22,24-25H,3-16H2,1-2H3;7-8,10-11H,3-6,9,12-18H2,1-2H3;3-8H,1-2H2;1-2H3/b;8-7-,11-10-;;. The van der Waals surface area contributed by atoms with Gasteiger partial charge in [0.2, 0.25) is 0 Å². The highest BCUT2D eigenvalue weighted by Crippen LogP contribution is 2.39. The second-order valence-electron chi connectivity index (χ2n) is 18.4. The third-order valence-electron chi connectivity index (χ3n) is 12.9. The molecule has 6 rings (SSSR count). The first-order valence-electron chi connectivity index (χ1n) is 25.9. The van der Waals surface area contributed by atoms with E-state index in [-0.39, 0.29) is 55.7 Å². The molecule has 12 atom stereocenters. The predicted octanol–water partition coefficient (Wildman–Crippen LogP) is 10.1. The van der Waals surface area contributed by atoms with E-state index in [2.05, 4.69) is 49.8 Å². The van der Waals surface area contributed by atoms with Crippen LogP contribution in [-0.4, -0.2) is 123 Å². The Morgan fingerprint density at radius 2 is 1.02 bits per heavy atom. The zero-order chi connectivity index (χ0) is 46.4. The van der Waals surface area contributed by atoms with Crippen molar-refractivity contribution in [1.29, 1.82) is 0 Å². The molecular weight excluding hydrogens is 817 g/mol. The van der Waals surface area contributed by atoms with E-state index >= 15 is 0 Å². The number of hydrogen-bond donors (Lipinski definition) is 2. The van der Waals surface area contributed by atoms with Crippen molar-refractivity contribution >= 4 is 11.9 Å². The molecule has 2 N–H and O–H groups in total. The molecule has 6 aliphatic rings. The van der Waals surface area contributed by atoms with Gasteiger partial charge in [-0.3, -0.25) is 9.59 Å². The molecule has 0 radical (unpaired) electrons. The van der Waals surface area contributed by atoms with Gasteiger partial charge in [0, 0.05) is 25.2 Å². The molecule has 6 heterocycles. The SMILES string of the molecule is CC.CCCCC/C=C\C/C=C\CCCCCCCC(=O)OC.CCCCCC1OC1CC1OC1CCCCCCCC(=O)OC1COC2C(C)COC12.OC1COC2C(O)COC12. The fourth-order valence-electron chi connectivity index (χ4n) is 8.88. The fourth-order valence-corrected chi connectivity index (χ4v) is 8.88. The fraction of sp³-hybridized carbons (Fsp3) is 0.885. The highest BCUT2D eigenvalue weighted by atomic mass is 16.6. The number of carbonyl (C=O) groups is 2. The van der Waals surface area contributed by atoms with E-state index in [1.54, 1.807) is 0 Å². The summed E-state index contributed by atoms with van der Waals surface area (Å²) in [5, 5.41) is 18.3. The Labute approximate surface area is 388 Å². The summed E-state index contributed by atoms with van der Waals surface area (Å²) in [6, 6.07) is 0. The quantitative estimate of drug-likeness (QED) is 0.0318. The Kier molecular flexibility index (Phi) is 30.3. The molecule has 372 valence electrons. The van der Waals surface area contributed by atoms with Crippen LogP contribution in [0.4, 0.5) is 0 Å². The van der Waals surface area contributed by atoms with Crippen molar-refractivity contribution < 1.29 is 57.7 Å². The lowest BCUT2D eigenvalue weighted by molar-refractivity contribution is -0.153. The van der Waals surface area contributed by atoms with Gasteiger partial charge in [0.25, 0.3) is 0 Å². The molecular formula is C52H92O12. The third kappa shape index (κ3) is 22.7. The molecule has 0 saturated carbocycles. The number of fused-ring (bicyclic) bond motifs is 2. The maximum atomic E-state index is 12.1. The summed E-state index contributed by atoms with van der Waals surface area (Å²) in [7, 11) is 1.45. The summed E-state index contributed by atoms with van der Waals surface area (Å²) in [5.74, 6) is 0.196. The number of methoxy groups -OCH3 is 1. The number of rotatable bonds is 29. The van der Waals surface area contributed by atoms with E-state index in [1.165, 1.54) is 110 Å². The van der Waals surface area contributed by atoms with Gasteiger partial charge in [-0.05, 0) is 57.8 Å². The molecule has 0 aliphatic carbocycles. The van der Waals surface area contributed by atoms with Gasteiger partial charge in [0.15, 0.2) is 6.10 Å². The minimum Gasteiger partial charge on any atom is -0.469 e. The summed E-state index contributed by atoms with van der Waals surface area (Å²) in [4.78, 5) is 23.0. The van der Waals surface area contributed by atoms with Crippen LogP contribution in [0.2, 0.25) is 0 Å². The first kappa shape index (κ1) is 56.4. The minimum atomic E-state index is -0.554. The molecule has 0 aromatic carbocycles. The van der Waals surface area contributed by atoms with Crippen LogP contribution in [0.15, 0.2) is 24.3 Å². The molecule has 0 spiro atoms. The van der Waals surface area contributed by atoms with Crippen LogP contribution in [0, 0.1) is 5.92 Å². The number of ether oxygens (including phenoxy) is 8. The lowest BCUT2D eigenvalue weighted by Crippen LogP contribution is -2.32. The van der Waals surface area contributed by atoms with Gasteiger partial charge < -0.3 is 48.1 Å². The van der Waals surface area contributed by atoms with Crippen LogP contribution < -0.4 is 0 Å². The largest absolute Gasteiger partial charge is 0.469 e. The van der Waals surface area contributed by atoms with Gasteiger partial charge in [-0.2, -0.15) is 0 Å². The van der Waals surface area contributed by atoms with Crippen LogP contribution in [-0.2, 0) is 47.5 Å². The molecule has 12 heteroatoms. The lowest BCUT2D eigenvalue weighted by Gasteiger charge is -2.16. The molecule has 64 heavy (non-hydrogen) atoms. The number of hydrogen-bond acceptors (Lipinski definition) is 12. The number of allylic oxidation sites excluding steroid dienone is 4. The number of aliphatic hydroxyl groups excluding tert-OH is 2. The second kappa shape index (κ2) is 34.4. The van der Waals surface area contributed by atoms with Gasteiger partial charge in [-0.15, -0.1) is 0 Å². The van der Waals surface area contributed by atoms with E-state index in [1.807, 2.05) is 13.8 Å². The van der Waals surface area contributed by atoms with Crippen molar-refractivity contribution in [3.63, 3.8) is 0 Å². The predicted molar refractivity (Wildman–Crippen MR) is 251 cm³/mol. The van der Waals surface area contributed by atoms with Crippen LogP contribution in [0.5, 0.6) is 0 Å². The summed E-state index contributed by atoms with van der Waals surface area (Å²) in [6.07, 6.45) is 36.5. The summed E-state index contributed by atoms with van der Waals surface area (Å²) in [5.41, 5.74) is 0. The minimum absolute atomic E-state index is 0.0640. The second-order valence-corrected chi connectivity index (χ2v) is 18.4. The zero-order valence-electron chi connectivity index (χ0n) is 41.0. The van der Waals surface area contributed by atoms with Crippen LogP contribution in [0.25, 0.3) is 0 Å². The Morgan fingerprint density at radius 3 is 1.59 bits per heavy atom. The summed E-state index contributed by atoms with van der Waals surface area (Å²) >= 11 is 0. The summed E-state index contributed by atoms with van der Waals surface area (Å²) in [6.45, 7) is 12.3. The number of epoxide rings is 2. The number of carbonyl (C=O) groups excluding carboxylic acids is 2. The molecule has 0 aromatic heterocycles. The normalized spacial score (nSPS) is 30.8. The maximum absolute atomic E-state index is 12.1. The Balaban J connectivity index is 0.000000283. The van der Waals surface area contributed by atoms with Gasteiger partial charge >= 0.3 is 11.9 Å². The van der Waals surface area contributed by atoms with E-state index < -0.39 is 12.2 Å². The third-order valence-corrected chi connectivity index (χ3v) is 12.9. The molecule has 12 unspecified atom stereocenters. The van der Waals surface area contributed by atoms with E-state index in [4.69, 9.17) is 43.4 Å². The average Bonchev–Trinajstić information content (AvgIpc) is 3.97. The van der Waals surface area contributed by atoms with Gasteiger partial charge in [-0.1, -0.05) is 136 Å². The zero-order valence-corrected chi connectivity index (χ0v) is 41.0. The number of aliphatic hydroxyl groups is 2. The average molecular weight is 909 g/mol. The maximum Gasteiger partial charge on any atom is 0.306 e. The molecule has 0 bridgehead atoms. The van der Waals surface area contributed by atoms with Crippen molar-refractivity contribution in [3.05, 3.63) is 24.3 Å². The number of esters is 2. The van der Waals surface area contributed by atoms with Crippen molar-refractivity contribution in [2.24, 2.45) is 5.92 Å². The van der Waals surface area contributed by atoms with Crippen LogP contribution in [0.1, 0.15) is 189 Å². The molecule has 0 amide bonds. The number of unbranched alkanes of at least 4 members (excludes halogenated alkanes) is 14. The highest BCUT2D eigenvalue weighted by Gasteiger charge is 2.49. The lowest BCUT2D eigenvalue weighted by atomic mass is 10.0.